The molecule has 3 N–H and O–H groups in total. The van der Waals surface area contributed by atoms with Gasteiger partial charge in [-0.3, -0.25) is 38.6 Å². The largest absolute Gasteiger partial charge is 0.530 e. The summed E-state index contributed by atoms with van der Waals surface area (Å²) in [4.78, 5) is 47.2. The Bertz CT molecular complexity index is 2680. The molecule has 0 aliphatic carbocycles. The monoisotopic (exact) mass is 1020 g/mol. The predicted octanol–water partition coefficient (Wildman–Crippen LogP) is 11.6. The Morgan fingerprint density at radius 1 is 0.778 bits per heavy atom. The zero-order valence-corrected chi connectivity index (χ0v) is 41.1. The Kier molecular flexibility index (Phi) is 18.3. The molecule has 0 fully saturated rings. The van der Waals surface area contributed by atoms with Crippen molar-refractivity contribution in [2.75, 3.05) is 18.2 Å². The number of aryl methyl sites for hydroxylation is 2. The number of hydrogen-bond acceptors (Lipinski definition) is 10. The summed E-state index contributed by atoms with van der Waals surface area (Å²) in [6, 6.07) is 36.9. The number of carbonyl (C=O) groups is 3. The van der Waals surface area contributed by atoms with E-state index in [-0.39, 0.29) is 36.8 Å². The minimum atomic E-state index is -4.73. The third kappa shape index (κ3) is 15.6. The highest BCUT2D eigenvalue weighted by Crippen LogP contribution is 2.53. The number of ether oxygens (including phenoxy) is 1. The minimum Gasteiger partial charge on any atom is -0.444 e. The van der Waals surface area contributed by atoms with Crippen LogP contribution in [0.5, 0.6) is 5.75 Å². The predicted molar refractivity (Wildman–Crippen MR) is 260 cm³/mol. The molecule has 1 heterocycles. The maximum Gasteiger partial charge on any atom is 0.530 e. The molecule has 3 atom stereocenters. The number of aliphatic imine (C=N–C) groups is 1. The molecule has 0 aromatic heterocycles. The van der Waals surface area contributed by atoms with Crippen LogP contribution in [0.1, 0.15) is 84.9 Å². The number of anilines is 1. The Hall–Kier alpha value is -6.33. The fourth-order valence-electron chi connectivity index (χ4n) is 8.68. The number of benzene rings is 5. The Morgan fingerprint density at radius 3 is 1.89 bits per heavy atom. The third-order valence-corrected chi connectivity index (χ3v) is 13.3. The molecule has 72 heavy (non-hydrogen) atoms. The van der Waals surface area contributed by atoms with E-state index in [4.69, 9.17) is 29.0 Å². The number of nitrogens with zero attached hydrogens (tertiary/aromatic N) is 2. The summed E-state index contributed by atoms with van der Waals surface area (Å²) in [6.45, 7) is 5.69. The normalized spacial score (nSPS) is 15.2. The van der Waals surface area contributed by atoms with E-state index < -0.39 is 100 Å². The first-order valence-electron chi connectivity index (χ1n) is 23.1. The molecule has 1 aliphatic heterocycles. The van der Waals surface area contributed by atoms with Gasteiger partial charge >= 0.3 is 26.1 Å². The molecule has 384 valence electrons. The summed E-state index contributed by atoms with van der Waals surface area (Å²) in [5, 5.41) is 2.83. The van der Waals surface area contributed by atoms with Crippen molar-refractivity contribution in [1.29, 1.82) is 0 Å². The first-order valence-corrected chi connectivity index (χ1v) is 24.6. The Morgan fingerprint density at radius 2 is 1.32 bits per heavy atom. The average Bonchev–Trinajstić information content (AvgIpc) is 3.43. The number of carbonyl (C=O) groups excluding carboxylic acids is 3. The lowest BCUT2D eigenvalue weighted by atomic mass is 9.78. The lowest BCUT2D eigenvalue weighted by molar-refractivity contribution is -0.147. The van der Waals surface area contributed by atoms with Crippen LogP contribution in [-0.2, 0) is 51.4 Å². The van der Waals surface area contributed by atoms with Crippen LogP contribution >= 0.6 is 7.82 Å². The molecule has 0 saturated carbocycles. The van der Waals surface area contributed by atoms with Gasteiger partial charge in [0, 0.05) is 47.4 Å². The summed E-state index contributed by atoms with van der Waals surface area (Å²) in [6.07, 6.45) is -15.9. The molecular formula is C53H57F6N4O8P. The van der Waals surface area contributed by atoms with Crippen LogP contribution in [-0.4, -0.2) is 55.3 Å². The summed E-state index contributed by atoms with van der Waals surface area (Å²) in [5.41, 5.74) is 9.22. The fourth-order valence-corrected chi connectivity index (χ4v) is 9.86. The van der Waals surface area contributed by atoms with Crippen LogP contribution in [0.25, 0.3) is 0 Å². The van der Waals surface area contributed by atoms with Gasteiger partial charge in [0.05, 0.1) is 31.0 Å². The van der Waals surface area contributed by atoms with Crippen LogP contribution in [0.4, 0.5) is 32.0 Å². The summed E-state index contributed by atoms with van der Waals surface area (Å²) in [5.74, 6) is -5.73. The second-order valence-electron chi connectivity index (χ2n) is 18.2. The van der Waals surface area contributed by atoms with Gasteiger partial charge in [-0.2, -0.15) is 26.3 Å². The van der Waals surface area contributed by atoms with Gasteiger partial charge in [0.25, 0.3) is 5.91 Å². The number of phosphoric ester groups is 1. The van der Waals surface area contributed by atoms with Crippen molar-refractivity contribution in [3.63, 3.8) is 0 Å². The second kappa shape index (κ2) is 23.9. The van der Waals surface area contributed by atoms with Gasteiger partial charge in [0.15, 0.2) is 12.9 Å². The number of fused-ring (bicyclic) bond motifs is 1. The number of nitrogens with two attached hydrogens (primary N) is 1. The number of hydrogen-bond donors (Lipinski definition) is 2. The number of primary amides is 1. The topological polar surface area (TPSA) is 159 Å². The number of nitrogens with one attached hydrogen (secondary N) is 1. The van der Waals surface area contributed by atoms with Crippen LogP contribution in [0.3, 0.4) is 0 Å². The summed E-state index contributed by atoms with van der Waals surface area (Å²) >= 11 is 0. The first-order chi connectivity index (χ1) is 34.0. The average molecular weight is 1020 g/mol. The molecule has 2 amide bonds. The van der Waals surface area contributed by atoms with E-state index in [9.17, 15) is 45.3 Å². The SMILES string of the molecule is Cc1cc(C)c(C(C)(C)CC(=O)OCN2C(=O)[C@@H](NC[C@H](CCC(F)(F)F)[C@H](CCC(F)(F)F)C(N)=O)N=C(c3ccccc3)c3ccccc32)c(OP(=O)(OCc2ccccc2)OCc2ccccc2)c1. The van der Waals surface area contributed by atoms with Gasteiger partial charge in [-0.1, -0.05) is 129 Å². The first kappa shape index (κ1) is 55.0. The van der Waals surface area contributed by atoms with Gasteiger partial charge < -0.3 is 15.0 Å². The lowest BCUT2D eigenvalue weighted by Crippen LogP contribution is -2.49. The van der Waals surface area contributed by atoms with Crippen LogP contribution in [0.2, 0.25) is 0 Å². The van der Waals surface area contributed by atoms with Crippen molar-refractivity contribution >= 4 is 37.0 Å². The number of rotatable bonds is 23. The van der Waals surface area contributed by atoms with Crippen LogP contribution < -0.4 is 20.5 Å². The molecule has 0 radical (unpaired) electrons. The molecule has 6 rings (SSSR count). The Labute approximate surface area is 414 Å². The maximum atomic E-state index is 14.7. The quantitative estimate of drug-likeness (QED) is 0.0369. The van der Waals surface area contributed by atoms with E-state index in [0.717, 1.165) is 10.5 Å². The van der Waals surface area contributed by atoms with Crippen molar-refractivity contribution in [3.8, 4) is 5.75 Å². The Balaban J connectivity index is 1.27. The number of esters is 1. The summed E-state index contributed by atoms with van der Waals surface area (Å²) < 4.78 is 119. The number of alkyl halides is 6. The fraction of sp³-hybridized carbons (Fsp3) is 0.358. The van der Waals surface area contributed by atoms with Gasteiger partial charge in [-0.15, -0.1) is 0 Å². The van der Waals surface area contributed by atoms with Gasteiger partial charge in [-0.05, 0) is 67.0 Å². The molecule has 5 aromatic rings. The zero-order chi connectivity index (χ0) is 52.3. The van der Waals surface area contributed by atoms with E-state index in [2.05, 4.69) is 5.32 Å². The van der Waals surface area contributed by atoms with Gasteiger partial charge in [0.1, 0.15) is 5.75 Å². The van der Waals surface area contributed by atoms with Crippen molar-refractivity contribution in [1.82, 2.24) is 5.32 Å². The standard InChI is InChI=1S/C53H57F6N4O8P/c1-35-28-36(2)46(44(29-35)71-72(67,69-32-37-16-8-5-9-17-37)70-33-38-18-10-6-11-19-38)51(3,4)30-45(64)68-34-63-43-23-15-14-22-42(43)47(39-20-12-7-13-21-39)62-49(50(63)66)61-31-40(24-26-52(54,55)56)41(48(60)65)25-27-53(57,58)59/h5-23,28-29,40-41,49,61H,24-27,30-34H2,1-4H3,(H2,60,65)/t40-,41-,49-/m0/s1. The molecule has 0 bridgehead atoms. The van der Waals surface area contributed by atoms with Crippen molar-refractivity contribution < 1.29 is 63.6 Å². The number of phosphoric acid groups is 1. The highest BCUT2D eigenvalue weighted by Gasteiger charge is 2.40. The number of halogens is 6. The van der Waals surface area contributed by atoms with Crippen molar-refractivity contribution in [2.24, 2.45) is 22.6 Å². The van der Waals surface area contributed by atoms with Gasteiger partial charge in [0.2, 0.25) is 5.91 Å². The van der Waals surface area contributed by atoms with Crippen LogP contribution in [0.15, 0.2) is 132 Å². The molecule has 0 saturated heterocycles. The zero-order valence-electron chi connectivity index (χ0n) is 40.2. The molecule has 5 aromatic carbocycles. The molecule has 1 aliphatic rings. The van der Waals surface area contributed by atoms with Crippen LogP contribution in [0, 0.1) is 25.7 Å². The van der Waals surface area contributed by atoms with E-state index in [1.165, 1.54) is 0 Å². The van der Waals surface area contributed by atoms with E-state index in [0.29, 0.717) is 33.4 Å². The molecule has 0 spiro atoms. The maximum absolute atomic E-state index is 14.7. The molecule has 0 unspecified atom stereocenters. The highest BCUT2D eigenvalue weighted by atomic mass is 31.2. The second-order valence-corrected chi connectivity index (χ2v) is 19.8. The minimum absolute atomic E-state index is 0.107. The third-order valence-electron chi connectivity index (χ3n) is 12.0. The molecule has 12 nitrogen and oxygen atoms in total. The van der Waals surface area contributed by atoms with E-state index >= 15 is 0 Å². The van der Waals surface area contributed by atoms with E-state index in [1.807, 2.05) is 56.3 Å². The van der Waals surface area contributed by atoms with Crippen molar-refractivity contribution in [2.45, 2.75) is 96.9 Å². The smallest absolute Gasteiger partial charge is 0.444 e. The highest BCUT2D eigenvalue weighted by molar-refractivity contribution is 7.48. The summed E-state index contributed by atoms with van der Waals surface area (Å²) in [7, 11) is -4.39. The van der Waals surface area contributed by atoms with Gasteiger partial charge in [-0.25, -0.2) is 4.57 Å². The number of para-hydroxylation sites is 1. The van der Waals surface area contributed by atoms with Crippen molar-refractivity contribution in [3.05, 3.63) is 166 Å². The molecule has 19 heteroatoms. The number of amides is 2. The molecular weight excluding hydrogens is 966 g/mol. The van der Waals surface area contributed by atoms with E-state index in [1.54, 1.807) is 98.8 Å². The lowest BCUT2D eigenvalue weighted by Gasteiger charge is -2.31. The number of benzodiazepines with no additional fused rings is 1.